The first kappa shape index (κ1) is 22.7. The minimum absolute atomic E-state index is 0.00223. The normalized spacial score (nSPS) is 24.3. The summed E-state index contributed by atoms with van der Waals surface area (Å²) < 4.78 is 33.1. The zero-order valence-electron chi connectivity index (χ0n) is 17.4. The van der Waals surface area contributed by atoms with Crippen molar-refractivity contribution in [3.63, 3.8) is 0 Å². The molecule has 4 rings (SSSR count). The Morgan fingerprint density at radius 3 is 2.41 bits per heavy atom. The van der Waals surface area contributed by atoms with Gasteiger partial charge in [-0.2, -0.15) is 4.31 Å². The molecule has 0 spiro atoms. The van der Waals surface area contributed by atoms with Crippen LogP contribution in [0.5, 0.6) is 5.75 Å². The summed E-state index contributed by atoms with van der Waals surface area (Å²) in [7, 11) is -3.96. The topological polar surface area (TPSA) is 122 Å². The van der Waals surface area contributed by atoms with Gasteiger partial charge in [-0.25, -0.2) is 13.2 Å². The Hall–Kier alpha value is -2.47. The van der Waals surface area contributed by atoms with E-state index in [-0.39, 0.29) is 29.4 Å². The third-order valence-corrected chi connectivity index (χ3v) is 8.95. The van der Waals surface area contributed by atoms with Crippen LogP contribution in [0, 0.1) is 0 Å². The van der Waals surface area contributed by atoms with Gasteiger partial charge in [0.25, 0.3) is 15.9 Å². The van der Waals surface area contributed by atoms with Gasteiger partial charge in [-0.1, -0.05) is 24.3 Å². The standard InChI is InChI=1S/C21H26N4O5S2/c22-15-8-10-16(11-9-15)23-19(26)20-24(21(27)30-17-5-2-1-3-6-17)12-13-25(20)32(28,29)18-7-4-14-31-18/h1-7,14-16,20H,8-13,22H2,(H,23,26). The molecule has 0 bridgehead atoms. The third kappa shape index (κ3) is 4.80. The van der Waals surface area contributed by atoms with Crippen molar-refractivity contribution in [3.05, 3.63) is 47.8 Å². The zero-order chi connectivity index (χ0) is 22.7. The SMILES string of the molecule is NC1CCC(NC(=O)C2N(C(=O)Oc3ccccc3)CCN2S(=O)(=O)c2cccs2)CC1. The molecule has 1 atom stereocenters. The first-order valence-corrected chi connectivity index (χ1v) is 12.8. The largest absolute Gasteiger partial charge is 0.417 e. The summed E-state index contributed by atoms with van der Waals surface area (Å²) in [6, 6.07) is 11.6. The lowest BCUT2D eigenvalue weighted by molar-refractivity contribution is -0.128. The highest BCUT2D eigenvalue weighted by Gasteiger charge is 2.48. The van der Waals surface area contributed by atoms with Crippen LogP contribution in [-0.4, -0.2) is 61.0 Å². The van der Waals surface area contributed by atoms with E-state index < -0.39 is 28.2 Å². The fourth-order valence-electron chi connectivity index (χ4n) is 4.03. The van der Waals surface area contributed by atoms with Crippen molar-refractivity contribution < 1.29 is 22.7 Å². The number of nitrogens with zero attached hydrogens (tertiary/aromatic N) is 2. The van der Waals surface area contributed by atoms with Crippen LogP contribution < -0.4 is 15.8 Å². The van der Waals surface area contributed by atoms with E-state index in [9.17, 15) is 18.0 Å². The summed E-state index contributed by atoms with van der Waals surface area (Å²) in [5, 5.41) is 4.59. The quantitative estimate of drug-likeness (QED) is 0.678. The molecule has 172 valence electrons. The van der Waals surface area contributed by atoms with Gasteiger partial charge in [-0.3, -0.25) is 9.69 Å². The molecule has 1 saturated carbocycles. The van der Waals surface area contributed by atoms with Crippen LogP contribution >= 0.6 is 11.3 Å². The Labute approximate surface area is 191 Å². The Kier molecular flexibility index (Phi) is 6.79. The van der Waals surface area contributed by atoms with E-state index >= 15 is 0 Å². The predicted octanol–water partition coefficient (Wildman–Crippen LogP) is 1.97. The minimum atomic E-state index is -3.96. The highest BCUT2D eigenvalue weighted by molar-refractivity contribution is 7.91. The number of para-hydroxylation sites is 1. The Balaban J connectivity index is 1.58. The number of hydrogen-bond donors (Lipinski definition) is 2. The van der Waals surface area contributed by atoms with E-state index in [1.165, 1.54) is 11.0 Å². The maximum absolute atomic E-state index is 13.3. The summed E-state index contributed by atoms with van der Waals surface area (Å²) in [6.45, 7) is 0.0433. The van der Waals surface area contributed by atoms with Crippen molar-refractivity contribution in [2.75, 3.05) is 13.1 Å². The summed E-state index contributed by atoms with van der Waals surface area (Å²) in [6.07, 6.45) is 0.899. The Morgan fingerprint density at radius 2 is 1.75 bits per heavy atom. The molecule has 1 unspecified atom stereocenters. The molecule has 2 heterocycles. The van der Waals surface area contributed by atoms with Crippen LogP contribution in [0.25, 0.3) is 0 Å². The lowest BCUT2D eigenvalue weighted by Gasteiger charge is -2.31. The van der Waals surface area contributed by atoms with Crippen molar-refractivity contribution in [3.8, 4) is 5.75 Å². The van der Waals surface area contributed by atoms with Crippen LogP contribution in [0.2, 0.25) is 0 Å². The number of amides is 2. The number of nitrogens with one attached hydrogen (secondary N) is 1. The fraction of sp³-hybridized carbons (Fsp3) is 0.429. The maximum Gasteiger partial charge on any atom is 0.417 e. The molecule has 1 aromatic heterocycles. The van der Waals surface area contributed by atoms with E-state index in [0.717, 1.165) is 28.5 Å². The summed E-state index contributed by atoms with van der Waals surface area (Å²) in [5.74, 6) is -0.217. The van der Waals surface area contributed by atoms with Gasteiger partial charge in [0, 0.05) is 25.2 Å². The molecule has 2 aliphatic rings. The number of sulfonamides is 1. The smallest absolute Gasteiger partial charge is 0.410 e. The van der Waals surface area contributed by atoms with Crippen LogP contribution in [0.1, 0.15) is 25.7 Å². The molecule has 9 nitrogen and oxygen atoms in total. The van der Waals surface area contributed by atoms with Gasteiger partial charge < -0.3 is 15.8 Å². The molecule has 2 fully saturated rings. The van der Waals surface area contributed by atoms with Gasteiger partial charge >= 0.3 is 6.09 Å². The number of nitrogens with two attached hydrogens (primary N) is 1. The Morgan fingerprint density at radius 1 is 1.03 bits per heavy atom. The molecular weight excluding hydrogens is 452 g/mol. The van der Waals surface area contributed by atoms with Gasteiger partial charge in [0.05, 0.1) is 0 Å². The summed E-state index contributed by atoms with van der Waals surface area (Å²) in [5.41, 5.74) is 5.95. The van der Waals surface area contributed by atoms with Gasteiger partial charge in [-0.05, 0) is 49.3 Å². The molecule has 2 amide bonds. The van der Waals surface area contributed by atoms with Crippen LogP contribution in [-0.2, 0) is 14.8 Å². The molecule has 3 N–H and O–H groups in total. The number of thiophene rings is 1. The van der Waals surface area contributed by atoms with Crippen molar-refractivity contribution in [1.29, 1.82) is 0 Å². The molecule has 2 aromatic rings. The number of carbonyl (C=O) groups is 2. The number of hydrogen-bond acceptors (Lipinski definition) is 7. The first-order valence-electron chi connectivity index (χ1n) is 10.5. The van der Waals surface area contributed by atoms with Gasteiger partial charge in [0.2, 0.25) is 0 Å². The first-order chi connectivity index (χ1) is 15.4. The monoisotopic (exact) mass is 478 g/mol. The number of rotatable bonds is 5. The number of ether oxygens (including phenoxy) is 1. The lowest BCUT2D eigenvalue weighted by atomic mass is 9.92. The van der Waals surface area contributed by atoms with Gasteiger partial charge in [0.15, 0.2) is 6.17 Å². The van der Waals surface area contributed by atoms with E-state index in [1.54, 1.807) is 41.8 Å². The third-order valence-electron chi connectivity index (χ3n) is 5.72. The van der Waals surface area contributed by atoms with E-state index in [0.29, 0.717) is 18.6 Å². The molecule has 1 aliphatic carbocycles. The summed E-state index contributed by atoms with van der Waals surface area (Å²) >= 11 is 1.07. The average Bonchev–Trinajstić information content (AvgIpc) is 3.47. The van der Waals surface area contributed by atoms with Gasteiger partial charge in [-0.15, -0.1) is 11.3 Å². The van der Waals surface area contributed by atoms with Crippen molar-refractivity contribution in [2.24, 2.45) is 5.73 Å². The minimum Gasteiger partial charge on any atom is -0.410 e. The molecular formula is C21H26N4O5S2. The average molecular weight is 479 g/mol. The van der Waals surface area contributed by atoms with Crippen molar-refractivity contribution >= 4 is 33.4 Å². The van der Waals surface area contributed by atoms with E-state index in [2.05, 4.69) is 5.32 Å². The second kappa shape index (κ2) is 9.57. The molecule has 0 radical (unpaired) electrons. The second-order valence-corrected chi connectivity index (χ2v) is 11.0. The number of benzene rings is 1. The van der Waals surface area contributed by atoms with Crippen LogP contribution in [0.15, 0.2) is 52.1 Å². The lowest BCUT2D eigenvalue weighted by Crippen LogP contribution is -2.56. The molecule has 1 aromatic carbocycles. The van der Waals surface area contributed by atoms with Crippen LogP contribution in [0.4, 0.5) is 4.79 Å². The van der Waals surface area contributed by atoms with Crippen molar-refractivity contribution in [2.45, 2.75) is 48.1 Å². The second-order valence-electron chi connectivity index (χ2n) is 7.92. The van der Waals surface area contributed by atoms with E-state index in [4.69, 9.17) is 10.5 Å². The fourth-order valence-corrected chi connectivity index (χ4v) is 6.70. The van der Waals surface area contributed by atoms with Crippen LogP contribution in [0.3, 0.4) is 0 Å². The maximum atomic E-state index is 13.3. The molecule has 11 heteroatoms. The molecule has 1 aliphatic heterocycles. The highest BCUT2D eigenvalue weighted by Crippen LogP contribution is 2.28. The number of carbonyl (C=O) groups excluding carboxylic acids is 2. The Bertz CT molecular complexity index is 1040. The predicted molar refractivity (Wildman–Crippen MR) is 120 cm³/mol. The zero-order valence-corrected chi connectivity index (χ0v) is 19.1. The highest BCUT2D eigenvalue weighted by atomic mass is 32.2. The van der Waals surface area contributed by atoms with Gasteiger partial charge in [0.1, 0.15) is 9.96 Å². The van der Waals surface area contributed by atoms with Crippen molar-refractivity contribution in [1.82, 2.24) is 14.5 Å². The molecule has 1 saturated heterocycles. The summed E-state index contributed by atoms with van der Waals surface area (Å²) in [4.78, 5) is 27.4. The van der Waals surface area contributed by atoms with E-state index in [1.807, 2.05) is 0 Å². The molecule has 32 heavy (non-hydrogen) atoms.